The van der Waals surface area contributed by atoms with Gasteiger partial charge < -0.3 is 15.5 Å². The second-order valence-corrected chi connectivity index (χ2v) is 5.20. The van der Waals surface area contributed by atoms with E-state index in [0.29, 0.717) is 17.0 Å². The van der Waals surface area contributed by atoms with Crippen molar-refractivity contribution >= 4 is 44.2 Å². The number of rotatable bonds is 2. The molecule has 0 aliphatic heterocycles. The van der Waals surface area contributed by atoms with E-state index in [9.17, 15) is 4.79 Å². The Kier molecular flexibility index (Phi) is 3.20. The number of carbonyl (C=O) groups is 1. The molecule has 100 valence electrons. The van der Waals surface area contributed by atoms with Gasteiger partial charge in [-0.2, -0.15) is 0 Å². The van der Waals surface area contributed by atoms with Gasteiger partial charge in [0.2, 0.25) is 0 Å². The van der Waals surface area contributed by atoms with Crippen LogP contribution in [-0.4, -0.2) is 5.91 Å². The molecule has 1 amide bonds. The summed E-state index contributed by atoms with van der Waals surface area (Å²) in [4.78, 5) is 12.1. The van der Waals surface area contributed by atoms with E-state index in [0.717, 1.165) is 9.86 Å². The average Bonchev–Trinajstić information content (AvgIpc) is 2.84. The lowest BCUT2D eigenvalue weighted by Gasteiger charge is -2.03. The lowest BCUT2D eigenvalue weighted by atomic mass is 10.2. The average molecular weight is 331 g/mol. The maximum Gasteiger partial charge on any atom is 0.291 e. The van der Waals surface area contributed by atoms with Crippen LogP contribution in [-0.2, 0) is 0 Å². The van der Waals surface area contributed by atoms with Gasteiger partial charge in [-0.1, -0.05) is 18.2 Å². The van der Waals surface area contributed by atoms with Crippen LogP contribution < -0.4 is 11.1 Å². The quantitative estimate of drug-likeness (QED) is 0.697. The zero-order chi connectivity index (χ0) is 14.1. The number of hydrogen-bond donors (Lipinski definition) is 2. The Morgan fingerprint density at radius 2 is 1.95 bits per heavy atom. The molecule has 0 atom stereocenters. The zero-order valence-electron chi connectivity index (χ0n) is 10.4. The van der Waals surface area contributed by atoms with Crippen molar-refractivity contribution in [3.8, 4) is 0 Å². The Morgan fingerprint density at radius 3 is 2.70 bits per heavy atom. The van der Waals surface area contributed by atoms with Crippen molar-refractivity contribution < 1.29 is 9.21 Å². The molecule has 0 aliphatic rings. The lowest BCUT2D eigenvalue weighted by Crippen LogP contribution is -2.10. The van der Waals surface area contributed by atoms with Gasteiger partial charge in [0.05, 0.1) is 4.47 Å². The highest BCUT2D eigenvalue weighted by molar-refractivity contribution is 9.10. The highest BCUT2D eigenvalue weighted by Crippen LogP contribution is 2.27. The van der Waals surface area contributed by atoms with Crippen LogP contribution in [0.25, 0.3) is 11.0 Å². The molecule has 0 bridgehead atoms. The number of amides is 1. The Bertz CT molecular complexity index is 795. The van der Waals surface area contributed by atoms with Crippen molar-refractivity contribution in [2.75, 3.05) is 11.1 Å². The van der Waals surface area contributed by atoms with Gasteiger partial charge >= 0.3 is 0 Å². The number of benzene rings is 2. The summed E-state index contributed by atoms with van der Waals surface area (Å²) in [6.45, 7) is 0. The Morgan fingerprint density at radius 1 is 1.15 bits per heavy atom. The van der Waals surface area contributed by atoms with Gasteiger partial charge in [0.25, 0.3) is 5.91 Å². The number of hydrogen-bond acceptors (Lipinski definition) is 3. The van der Waals surface area contributed by atoms with Crippen LogP contribution in [0.4, 0.5) is 11.4 Å². The number of nitrogens with two attached hydrogens (primary N) is 1. The van der Waals surface area contributed by atoms with Crippen molar-refractivity contribution in [3.63, 3.8) is 0 Å². The second kappa shape index (κ2) is 5.02. The zero-order valence-corrected chi connectivity index (χ0v) is 12.0. The molecule has 0 unspecified atom stereocenters. The Labute approximate surface area is 123 Å². The summed E-state index contributed by atoms with van der Waals surface area (Å²) in [5.41, 5.74) is 7.56. The molecule has 0 saturated carbocycles. The molecule has 20 heavy (non-hydrogen) atoms. The van der Waals surface area contributed by atoms with Crippen LogP contribution >= 0.6 is 15.9 Å². The highest BCUT2D eigenvalue weighted by atomic mass is 79.9. The first-order valence-corrected chi connectivity index (χ1v) is 6.78. The van der Waals surface area contributed by atoms with Gasteiger partial charge in [0.15, 0.2) is 5.76 Å². The number of nitrogen functional groups attached to an aromatic ring is 1. The van der Waals surface area contributed by atoms with Crippen molar-refractivity contribution in [1.29, 1.82) is 0 Å². The summed E-state index contributed by atoms with van der Waals surface area (Å²) in [6, 6.07) is 14.4. The molecule has 5 heteroatoms. The number of carbonyl (C=O) groups excluding carboxylic acids is 1. The molecule has 3 aromatic rings. The predicted molar refractivity (Wildman–Crippen MR) is 82.7 cm³/mol. The fourth-order valence-electron chi connectivity index (χ4n) is 1.95. The largest absolute Gasteiger partial charge is 0.450 e. The third-order valence-electron chi connectivity index (χ3n) is 2.86. The summed E-state index contributed by atoms with van der Waals surface area (Å²) in [5, 5.41) is 3.62. The first kappa shape index (κ1) is 12.7. The number of anilines is 2. The van der Waals surface area contributed by atoms with Crippen LogP contribution in [0.3, 0.4) is 0 Å². The first-order valence-electron chi connectivity index (χ1n) is 5.98. The summed E-state index contributed by atoms with van der Waals surface area (Å²) in [7, 11) is 0. The molecule has 0 fully saturated rings. The van der Waals surface area contributed by atoms with Crippen molar-refractivity contribution in [2.24, 2.45) is 0 Å². The van der Waals surface area contributed by atoms with Gasteiger partial charge in [-0.05, 0) is 46.3 Å². The molecule has 3 N–H and O–H groups in total. The van der Waals surface area contributed by atoms with E-state index >= 15 is 0 Å². The monoisotopic (exact) mass is 330 g/mol. The summed E-state index contributed by atoms with van der Waals surface area (Å²) in [5.74, 6) is -0.0481. The van der Waals surface area contributed by atoms with E-state index < -0.39 is 0 Å². The highest BCUT2D eigenvalue weighted by Gasteiger charge is 2.13. The van der Waals surface area contributed by atoms with E-state index in [1.54, 1.807) is 30.3 Å². The van der Waals surface area contributed by atoms with Crippen molar-refractivity contribution in [1.82, 2.24) is 0 Å². The molecule has 0 aliphatic carbocycles. The minimum atomic E-state index is -0.307. The SMILES string of the molecule is Nc1cccc(NC(=O)c2cc3cccc(Br)c3o2)c1. The van der Waals surface area contributed by atoms with Gasteiger partial charge in [-0.15, -0.1) is 0 Å². The summed E-state index contributed by atoms with van der Waals surface area (Å²) < 4.78 is 6.39. The molecule has 1 aromatic heterocycles. The molecule has 0 spiro atoms. The number of halogens is 1. The smallest absolute Gasteiger partial charge is 0.291 e. The minimum absolute atomic E-state index is 0.259. The fraction of sp³-hybridized carbons (Fsp3) is 0. The molecule has 2 aromatic carbocycles. The van der Waals surface area contributed by atoms with Crippen molar-refractivity contribution in [3.05, 3.63) is 58.8 Å². The molecular weight excluding hydrogens is 320 g/mol. The van der Waals surface area contributed by atoms with Crippen LogP contribution in [0.5, 0.6) is 0 Å². The van der Waals surface area contributed by atoms with Crippen LogP contribution in [0.2, 0.25) is 0 Å². The Hall–Kier alpha value is -2.27. The van der Waals surface area contributed by atoms with Crippen LogP contribution in [0.1, 0.15) is 10.6 Å². The van der Waals surface area contributed by atoms with Crippen LogP contribution in [0.15, 0.2) is 57.4 Å². The topological polar surface area (TPSA) is 68.3 Å². The van der Waals surface area contributed by atoms with Gasteiger partial charge in [0.1, 0.15) is 5.58 Å². The molecule has 0 radical (unpaired) electrons. The maximum absolute atomic E-state index is 12.1. The first-order chi connectivity index (χ1) is 9.63. The number of furan rings is 1. The van der Waals surface area contributed by atoms with Gasteiger partial charge in [-0.3, -0.25) is 4.79 Å². The van der Waals surface area contributed by atoms with Crippen LogP contribution in [0, 0.1) is 0 Å². The molecular formula is C15H11BrN2O2. The summed E-state index contributed by atoms with van der Waals surface area (Å²) in [6.07, 6.45) is 0. The van der Waals surface area contributed by atoms with E-state index in [-0.39, 0.29) is 11.7 Å². The van der Waals surface area contributed by atoms with E-state index in [2.05, 4.69) is 21.2 Å². The van der Waals surface area contributed by atoms with Gasteiger partial charge in [-0.25, -0.2) is 0 Å². The molecule has 3 rings (SSSR count). The standard InChI is InChI=1S/C15H11BrN2O2/c16-12-6-1-3-9-7-13(20-14(9)12)15(19)18-11-5-2-4-10(17)8-11/h1-8H,17H2,(H,18,19). The normalized spacial score (nSPS) is 10.7. The number of nitrogens with one attached hydrogen (secondary N) is 1. The molecule has 1 heterocycles. The molecule has 0 saturated heterocycles. The third-order valence-corrected chi connectivity index (χ3v) is 3.49. The number of para-hydroxylation sites is 1. The van der Waals surface area contributed by atoms with E-state index in [1.165, 1.54) is 0 Å². The third kappa shape index (κ3) is 2.40. The Balaban J connectivity index is 1.91. The fourth-order valence-corrected chi connectivity index (χ4v) is 2.41. The molecule has 4 nitrogen and oxygen atoms in total. The van der Waals surface area contributed by atoms with E-state index in [1.807, 2.05) is 18.2 Å². The summed E-state index contributed by atoms with van der Waals surface area (Å²) >= 11 is 3.39. The second-order valence-electron chi connectivity index (χ2n) is 4.35. The minimum Gasteiger partial charge on any atom is -0.450 e. The van der Waals surface area contributed by atoms with Gasteiger partial charge in [0, 0.05) is 16.8 Å². The number of fused-ring (bicyclic) bond motifs is 1. The predicted octanol–water partition coefficient (Wildman–Crippen LogP) is 4.03. The van der Waals surface area contributed by atoms with E-state index in [4.69, 9.17) is 10.2 Å². The lowest BCUT2D eigenvalue weighted by molar-refractivity contribution is 0.0998. The van der Waals surface area contributed by atoms with Crippen molar-refractivity contribution in [2.45, 2.75) is 0 Å². The maximum atomic E-state index is 12.1.